The van der Waals surface area contributed by atoms with Gasteiger partial charge >= 0.3 is 0 Å². The molecule has 1 aromatic heterocycles. The van der Waals surface area contributed by atoms with Gasteiger partial charge in [-0.05, 0) is 12.8 Å². The average molecular weight is 240 g/mol. The Labute approximate surface area is 102 Å². The summed E-state index contributed by atoms with van der Waals surface area (Å²) >= 11 is 1.78. The number of hydrogen-bond donors (Lipinski definition) is 1. The standard InChI is InChI=1S/C12H20N2OS/c1-3-5-7-15-8-6-13-9-11-10-14-12(4-2)16-11/h3,10,13H,1,4-9H2,2H3. The zero-order chi connectivity index (χ0) is 11.6. The van der Waals surface area contributed by atoms with Gasteiger partial charge in [0.1, 0.15) is 0 Å². The second kappa shape index (κ2) is 8.44. The summed E-state index contributed by atoms with van der Waals surface area (Å²) in [6.07, 6.45) is 5.77. The summed E-state index contributed by atoms with van der Waals surface area (Å²) in [5, 5.41) is 4.54. The highest BCUT2D eigenvalue weighted by atomic mass is 32.1. The van der Waals surface area contributed by atoms with Gasteiger partial charge in [-0.1, -0.05) is 13.0 Å². The average Bonchev–Trinajstić information content (AvgIpc) is 2.76. The lowest BCUT2D eigenvalue weighted by atomic mass is 10.4. The topological polar surface area (TPSA) is 34.1 Å². The number of rotatable bonds is 9. The van der Waals surface area contributed by atoms with Gasteiger partial charge in [0.25, 0.3) is 0 Å². The Hall–Kier alpha value is -0.710. The van der Waals surface area contributed by atoms with Crippen molar-refractivity contribution in [2.24, 2.45) is 0 Å². The Kier molecular flexibility index (Phi) is 7.05. The first-order chi connectivity index (χ1) is 7.86. The van der Waals surface area contributed by atoms with Gasteiger partial charge in [-0.15, -0.1) is 17.9 Å². The Morgan fingerprint density at radius 3 is 3.12 bits per heavy atom. The molecule has 1 heterocycles. The molecule has 0 aliphatic carbocycles. The van der Waals surface area contributed by atoms with E-state index in [9.17, 15) is 0 Å². The van der Waals surface area contributed by atoms with Crippen molar-refractivity contribution >= 4 is 11.3 Å². The molecule has 0 bridgehead atoms. The lowest BCUT2D eigenvalue weighted by molar-refractivity contribution is 0.140. The van der Waals surface area contributed by atoms with Crippen molar-refractivity contribution in [3.63, 3.8) is 0 Å². The summed E-state index contributed by atoms with van der Waals surface area (Å²) < 4.78 is 5.39. The van der Waals surface area contributed by atoms with Crippen LogP contribution in [-0.4, -0.2) is 24.7 Å². The van der Waals surface area contributed by atoms with E-state index < -0.39 is 0 Å². The fourth-order valence-corrected chi connectivity index (χ4v) is 2.05. The molecule has 1 rings (SSSR count). The molecule has 16 heavy (non-hydrogen) atoms. The van der Waals surface area contributed by atoms with E-state index in [2.05, 4.69) is 23.8 Å². The normalized spacial score (nSPS) is 10.6. The van der Waals surface area contributed by atoms with Crippen molar-refractivity contribution in [3.8, 4) is 0 Å². The molecule has 0 aromatic carbocycles. The number of aryl methyl sites for hydroxylation is 1. The molecule has 0 saturated carbocycles. The second-order valence-corrected chi connectivity index (χ2v) is 4.64. The molecule has 0 fully saturated rings. The molecule has 0 aliphatic rings. The predicted molar refractivity (Wildman–Crippen MR) is 68.8 cm³/mol. The first-order valence-corrected chi connectivity index (χ1v) is 6.51. The maximum Gasteiger partial charge on any atom is 0.0925 e. The van der Waals surface area contributed by atoms with E-state index in [0.29, 0.717) is 0 Å². The van der Waals surface area contributed by atoms with Crippen LogP contribution >= 0.6 is 11.3 Å². The summed E-state index contributed by atoms with van der Waals surface area (Å²) in [4.78, 5) is 5.60. The van der Waals surface area contributed by atoms with E-state index in [4.69, 9.17) is 4.74 Å². The zero-order valence-corrected chi connectivity index (χ0v) is 10.7. The van der Waals surface area contributed by atoms with Crippen molar-refractivity contribution in [3.05, 3.63) is 28.7 Å². The monoisotopic (exact) mass is 240 g/mol. The largest absolute Gasteiger partial charge is 0.380 e. The molecule has 0 atom stereocenters. The van der Waals surface area contributed by atoms with Gasteiger partial charge in [0, 0.05) is 24.2 Å². The number of nitrogens with zero attached hydrogens (tertiary/aromatic N) is 1. The number of hydrogen-bond acceptors (Lipinski definition) is 4. The minimum Gasteiger partial charge on any atom is -0.380 e. The predicted octanol–water partition coefficient (Wildman–Crippen LogP) is 2.39. The van der Waals surface area contributed by atoms with E-state index >= 15 is 0 Å². The summed E-state index contributed by atoms with van der Waals surface area (Å²) in [5.74, 6) is 0. The molecule has 1 N–H and O–H groups in total. The van der Waals surface area contributed by atoms with Gasteiger partial charge in [-0.25, -0.2) is 4.98 Å². The van der Waals surface area contributed by atoms with Crippen LogP contribution in [0.15, 0.2) is 18.9 Å². The van der Waals surface area contributed by atoms with Crippen LogP contribution in [0.5, 0.6) is 0 Å². The van der Waals surface area contributed by atoms with Crippen molar-refractivity contribution in [2.75, 3.05) is 19.8 Å². The maximum atomic E-state index is 5.39. The van der Waals surface area contributed by atoms with E-state index in [1.165, 1.54) is 9.88 Å². The Bertz CT molecular complexity index is 299. The number of aromatic nitrogens is 1. The molecule has 0 radical (unpaired) electrons. The quantitative estimate of drug-likeness (QED) is 0.531. The third-order valence-corrected chi connectivity index (χ3v) is 3.23. The molecule has 0 unspecified atom stereocenters. The highest BCUT2D eigenvalue weighted by Gasteiger charge is 1.98. The van der Waals surface area contributed by atoms with Gasteiger partial charge in [-0.2, -0.15) is 0 Å². The van der Waals surface area contributed by atoms with Crippen LogP contribution in [0.2, 0.25) is 0 Å². The van der Waals surface area contributed by atoms with E-state index in [1.54, 1.807) is 11.3 Å². The smallest absolute Gasteiger partial charge is 0.0925 e. The van der Waals surface area contributed by atoms with Gasteiger partial charge in [0.05, 0.1) is 18.2 Å². The van der Waals surface area contributed by atoms with Crippen molar-refractivity contribution < 1.29 is 4.74 Å². The molecular weight excluding hydrogens is 220 g/mol. The fourth-order valence-electron chi connectivity index (χ4n) is 1.22. The van der Waals surface area contributed by atoms with Crippen LogP contribution in [0.3, 0.4) is 0 Å². The summed E-state index contributed by atoms with van der Waals surface area (Å²) in [6.45, 7) is 9.08. The molecule has 3 nitrogen and oxygen atoms in total. The van der Waals surface area contributed by atoms with Crippen molar-refractivity contribution in [1.29, 1.82) is 0 Å². The first-order valence-electron chi connectivity index (χ1n) is 5.69. The van der Waals surface area contributed by atoms with Crippen molar-refractivity contribution in [1.82, 2.24) is 10.3 Å². The first kappa shape index (κ1) is 13.4. The summed E-state index contributed by atoms with van der Waals surface area (Å²) in [5.41, 5.74) is 0. The highest BCUT2D eigenvalue weighted by Crippen LogP contribution is 2.12. The molecule has 1 aromatic rings. The van der Waals surface area contributed by atoms with Gasteiger partial charge in [-0.3, -0.25) is 0 Å². The Morgan fingerprint density at radius 2 is 2.44 bits per heavy atom. The molecular formula is C12H20N2OS. The highest BCUT2D eigenvalue weighted by molar-refractivity contribution is 7.11. The van der Waals surface area contributed by atoms with Gasteiger partial charge in [0.2, 0.25) is 0 Å². The molecule has 4 heteroatoms. The minimum atomic E-state index is 0.757. The lowest BCUT2D eigenvalue weighted by Gasteiger charge is -2.03. The Morgan fingerprint density at radius 1 is 1.56 bits per heavy atom. The van der Waals surface area contributed by atoms with Crippen LogP contribution in [-0.2, 0) is 17.7 Å². The number of nitrogens with one attached hydrogen (secondary N) is 1. The zero-order valence-electron chi connectivity index (χ0n) is 9.87. The van der Waals surface area contributed by atoms with Crippen molar-refractivity contribution in [2.45, 2.75) is 26.3 Å². The van der Waals surface area contributed by atoms with E-state index in [0.717, 1.165) is 39.1 Å². The summed E-state index contributed by atoms with van der Waals surface area (Å²) in [7, 11) is 0. The minimum absolute atomic E-state index is 0.757. The van der Waals surface area contributed by atoms with E-state index in [1.807, 2.05) is 12.3 Å². The van der Waals surface area contributed by atoms with Crippen LogP contribution in [0.1, 0.15) is 23.2 Å². The maximum absolute atomic E-state index is 5.39. The van der Waals surface area contributed by atoms with E-state index in [-0.39, 0.29) is 0 Å². The second-order valence-electron chi connectivity index (χ2n) is 3.44. The van der Waals surface area contributed by atoms with Crippen LogP contribution in [0.25, 0.3) is 0 Å². The molecule has 0 aliphatic heterocycles. The lowest BCUT2D eigenvalue weighted by Crippen LogP contribution is -2.18. The van der Waals surface area contributed by atoms with Gasteiger partial charge in [0.15, 0.2) is 0 Å². The van der Waals surface area contributed by atoms with Gasteiger partial charge < -0.3 is 10.1 Å². The van der Waals surface area contributed by atoms with Crippen LogP contribution < -0.4 is 5.32 Å². The van der Waals surface area contributed by atoms with Crippen LogP contribution in [0, 0.1) is 0 Å². The molecule has 90 valence electrons. The third-order valence-electron chi connectivity index (χ3n) is 2.09. The molecule has 0 saturated heterocycles. The Balaban J connectivity index is 2.00. The SMILES string of the molecule is C=CCCOCCNCc1cnc(CC)s1. The number of thiazole rings is 1. The fraction of sp³-hybridized carbons (Fsp3) is 0.583. The third kappa shape index (κ3) is 5.39. The molecule has 0 amide bonds. The van der Waals surface area contributed by atoms with Crippen LogP contribution in [0.4, 0.5) is 0 Å². The molecule has 0 spiro atoms. The number of ether oxygens (including phenoxy) is 1. The summed E-state index contributed by atoms with van der Waals surface area (Å²) in [6, 6.07) is 0.